The number of rotatable bonds is 2. The van der Waals surface area contributed by atoms with Crippen molar-refractivity contribution in [2.45, 2.75) is 47.5 Å². The number of nitrogens with zero attached hydrogens (tertiary/aromatic N) is 2. The summed E-state index contributed by atoms with van der Waals surface area (Å²) in [7, 11) is 0. The molecule has 1 aliphatic heterocycles. The molecule has 1 heterocycles. The van der Waals surface area contributed by atoms with Gasteiger partial charge in [0.2, 0.25) is 5.91 Å². The average Bonchev–Trinajstić information content (AvgIpc) is 2.36. The Morgan fingerprint density at radius 2 is 2.06 bits per heavy atom. The van der Waals surface area contributed by atoms with E-state index in [4.69, 9.17) is 5.26 Å². The van der Waals surface area contributed by atoms with Crippen molar-refractivity contribution in [2.24, 2.45) is 10.8 Å². The first-order chi connectivity index (χ1) is 8.24. The molecule has 0 aromatic carbocycles. The Morgan fingerprint density at radius 1 is 1.44 bits per heavy atom. The Kier molecular flexibility index (Phi) is 4.21. The molecule has 1 unspecified atom stereocenters. The summed E-state index contributed by atoms with van der Waals surface area (Å²) in [5, 5.41) is 9.15. The molecule has 3 nitrogen and oxygen atoms in total. The van der Waals surface area contributed by atoms with Crippen molar-refractivity contribution in [1.29, 1.82) is 5.26 Å². The molecule has 1 rings (SSSR count). The van der Waals surface area contributed by atoms with Gasteiger partial charge in [0.25, 0.3) is 0 Å². The van der Waals surface area contributed by atoms with Gasteiger partial charge in [0, 0.05) is 13.1 Å². The minimum Gasteiger partial charge on any atom is -0.337 e. The molecule has 0 aromatic rings. The van der Waals surface area contributed by atoms with Gasteiger partial charge < -0.3 is 4.90 Å². The standard InChI is InChI=1S/C15H24N2O/c1-6-15(5,11-16)13(18)17-9-7-12(8-10-17)14(2,3)4/h7H,6,8-10H2,1-5H3. The third-order valence-corrected chi connectivity index (χ3v) is 3.89. The van der Waals surface area contributed by atoms with Gasteiger partial charge in [0.1, 0.15) is 5.41 Å². The lowest BCUT2D eigenvalue weighted by atomic mass is 9.82. The van der Waals surface area contributed by atoms with Crippen LogP contribution >= 0.6 is 0 Å². The zero-order chi connectivity index (χ0) is 14.0. The molecule has 18 heavy (non-hydrogen) atoms. The van der Waals surface area contributed by atoms with E-state index in [9.17, 15) is 4.79 Å². The van der Waals surface area contributed by atoms with Crippen molar-refractivity contribution < 1.29 is 4.79 Å². The van der Waals surface area contributed by atoms with E-state index in [1.54, 1.807) is 6.92 Å². The molecule has 0 N–H and O–H groups in total. The minimum absolute atomic E-state index is 0.0308. The van der Waals surface area contributed by atoms with Crippen LogP contribution in [-0.4, -0.2) is 23.9 Å². The summed E-state index contributed by atoms with van der Waals surface area (Å²) in [5.74, 6) is -0.0308. The van der Waals surface area contributed by atoms with Crippen LogP contribution in [0.2, 0.25) is 0 Å². The van der Waals surface area contributed by atoms with Crippen LogP contribution in [0.5, 0.6) is 0 Å². The van der Waals surface area contributed by atoms with Crippen LogP contribution in [0.4, 0.5) is 0 Å². The highest BCUT2D eigenvalue weighted by Gasteiger charge is 2.36. The molecule has 0 radical (unpaired) electrons. The predicted octanol–water partition coefficient (Wildman–Crippen LogP) is 3.13. The summed E-state index contributed by atoms with van der Waals surface area (Å²) < 4.78 is 0. The summed E-state index contributed by atoms with van der Waals surface area (Å²) in [6.07, 6.45) is 3.63. The van der Waals surface area contributed by atoms with Crippen LogP contribution < -0.4 is 0 Å². The van der Waals surface area contributed by atoms with E-state index in [0.717, 1.165) is 13.0 Å². The Labute approximate surface area is 110 Å². The van der Waals surface area contributed by atoms with Gasteiger partial charge in [-0.25, -0.2) is 0 Å². The highest BCUT2D eigenvalue weighted by Crippen LogP contribution is 2.31. The number of amides is 1. The maximum Gasteiger partial charge on any atom is 0.243 e. The molecule has 0 aromatic heterocycles. The zero-order valence-corrected chi connectivity index (χ0v) is 12.2. The molecular formula is C15H24N2O. The van der Waals surface area contributed by atoms with Crippen molar-refractivity contribution >= 4 is 5.91 Å². The number of carbonyl (C=O) groups excluding carboxylic acids is 1. The van der Waals surface area contributed by atoms with Crippen LogP contribution in [0, 0.1) is 22.2 Å². The SMILES string of the molecule is CCC(C)(C#N)C(=O)N1CC=C(C(C)(C)C)CC1. The Balaban J connectivity index is 2.78. The van der Waals surface area contributed by atoms with E-state index >= 15 is 0 Å². The summed E-state index contributed by atoms with van der Waals surface area (Å²) in [6, 6.07) is 2.15. The summed E-state index contributed by atoms with van der Waals surface area (Å²) >= 11 is 0. The topological polar surface area (TPSA) is 44.1 Å². The molecule has 100 valence electrons. The van der Waals surface area contributed by atoms with Crippen molar-refractivity contribution in [2.75, 3.05) is 13.1 Å². The van der Waals surface area contributed by atoms with Gasteiger partial charge in [-0.3, -0.25) is 4.79 Å². The van der Waals surface area contributed by atoms with Crippen molar-refractivity contribution in [3.63, 3.8) is 0 Å². The zero-order valence-electron chi connectivity index (χ0n) is 12.2. The third kappa shape index (κ3) is 2.93. The van der Waals surface area contributed by atoms with Gasteiger partial charge in [0.05, 0.1) is 6.07 Å². The number of nitriles is 1. The number of hydrogen-bond donors (Lipinski definition) is 0. The van der Waals surface area contributed by atoms with E-state index in [-0.39, 0.29) is 11.3 Å². The summed E-state index contributed by atoms with van der Waals surface area (Å²) in [4.78, 5) is 14.1. The number of hydrogen-bond acceptors (Lipinski definition) is 2. The smallest absolute Gasteiger partial charge is 0.243 e. The van der Waals surface area contributed by atoms with Gasteiger partial charge in [-0.15, -0.1) is 0 Å². The molecule has 0 fully saturated rings. The van der Waals surface area contributed by atoms with Crippen LogP contribution in [0.25, 0.3) is 0 Å². The van der Waals surface area contributed by atoms with E-state index in [1.807, 2.05) is 11.8 Å². The molecular weight excluding hydrogens is 224 g/mol. The van der Waals surface area contributed by atoms with Crippen molar-refractivity contribution in [3.05, 3.63) is 11.6 Å². The molecule has 0 aliphatic carbocycles. The van der Waals surface area contributed by atoms with E-state index in [1.165, 1.54) is 5.57 Å². The second-order valence-corrected chi connectivity index (χ2v) is 6.28. The normalized spacial score (nSPS) is 19.8. The molecule has 3 heteroatoms. The molecule has 1 atom stereocenters. The quantitative estimate of drug-likeness (QED) is 0.705. The fourth-order valence-corrected chi connectivity index (χ4v) is 2.16. The lowest BCUT2D eigenvalue weighted by Crippen LogP contribution is -2.44. The average molecular weight is 248 g/mol. The lowest BCUT2D eigenvalue weighted by molar-refractivity contribution is -0.138. The largest absolute Gasteiger partial charge is 0.337 e. The molecule has 1 amide bonds. The predicted molar refractivity (Wildman–Crippen MR) is 72.7 cm³/mol. The Bertz CT molecular complexity index is 398. The first-order valence-corrected chi connectivity index (χ1v) is 6.64. The Hall–Kier alpha value is -1.30. The molecule has 1 aliphatic rings. The van der Waals surface area contributed by atoms with Crippen molar-refractivity contribution in [3.8, 4) is 6.07 Å². The molecule has 0 spiro atoms. The summed E-state index contributed by atoms with van der Waals surface area (Å²) in [5.41, 5.74) is 0.715. The fraction of sp³-hybridized carbons (Fsp3) is 0.733. The molecule has 0 saturated heterocycles. The third-order valence-electron chi connectivity index (χ3n) is 3.89. The fourth-order valence-electron chi connectivity index (χ4n) is 2.16. The molecule has 0 bridgehead atoms. The van der Waals surface area contributed by atoms with Crippen LogP contribution in [0.1, 0.15) is 47.5 Å². The van der Waals surface area contributed by atoms with E-state index in [2.05, 4.69) is 32.9 Å². The second-order valence-electron chi connectivity index (χ2n) is 6.28. The number of carbonyl (C=O) groups is 1. The van der Waals surface area contributed by atoms with E-state index < -0.39 is 5.41 Å². The maximum absolute atomic E-state index is 12.3. The molecule has 0 saturated carbocycles. The van der Waals surface area contributed by atoms with Gasteiger partial charge in [-0.05, 0) is 25.2 Å². The van der Waals surface area contributed by atoms with Crippen molar-refractivity contribution in [1.82, 2.24) is 4.90 Å². The van der Waals surface area contributed by atoms with Gasteiger partial charge >= 0.3 is 0 Å². The maximum atomic E-state index is 12.3. The monoisotopic (exact) mass is 248 g/mol. The first-order valence-electron chi connectivity index (χ1n) is 6.64. The minimum atomic E-state index is -0.868. The van der Waals surface area contributed by atoms with Gasteiger partial charge in [-0.1, -0.05) is 39.3 Å². The summed E-state index contributed by atoms with van der Waals surface area (Å²) in [6.45, 7) is 11.6. The van der Waals surface area contributed by atoms with Crippen LogP contribution in [-0.2, 0) is 4.79 Å². The lowest BCUT2D eigenvalue weighted by Gasteiger charge is -2.35. The van der Waals surface area contributed by atoms with Crippen LogP contribution in [0.3, 0.4) is 0 Å². The van der Waals surface area contributed by atoms with Gasteiger partial charge in [0.15, 0.2) is 0 Å². The van der Waals surface area contributed by atoms with Gasteiger partial charge in [-0.2, -0.15) is 5.26 Å². The highest BCUT2D eigenvalue weighted by molar-refractivity contribution is 5.85. The van der Waals surface area contributed by atoms with Crippen LogP contribution in [0.15, 0.2) is 11.6 Å². The highest BCUT2D eigenvalue weighted by atomic mass is 16.2. The second kappa shape index (κ2) is 5.14. The Morgan fingerprint density at radius 3 is 2.39 bits per heavy atom. The van der Waals surface area contributed by atoms with E-state index in [0.29, 0.717) is 13.0 Å². The first kappa shape index (κ1) is 14.8.